The van der Waals surface area contributed by atoms with Crippen LogP contribution in [-0.4, -0.2) is 24.8 Å². The molecule has 0 spiro atoms. The fourth-order valence-electron chi connectivity index (χ4n) is 4.09. The molecule has 5 rings (SSSR count). The Kier molecular flexibility index (Phi) is 6.09. The van der Waals surface area contributed by atoms with Gasteiger partial charge in [-0.25, -0.2) is 8.42 Å². The Balaban J connectivity index is 1.27. The highest BCUT2D eigenvalue weighted by Crippen LogP contribution is 2.31. The van der Waals surface area contributed by atoms with Crippen molar-refractivity contribution in [3.63, 3.8) is 0 Å². The first kappa shape index (κ1) is 22.8. The number of fused-ring (bicyclic) bond motifs is 1. The van der Waals surface area contributed by atoms with Gasteiger partial charge in [-0.1, -0.05) is 59.8 Å². The van der Waals surface area contributed by atoms with Gasteiger partial charge in [-0.05, 0) is 65.2 Å². The number of nitrogens with zero attached hydrogens (tertiary/aromatic N) is 2. The van der Waals surface area contributed by atoms with E-state index in [9.17, 15) is 8.42 Å². The molecular weight excluding hydrogens is 458 g/mol. The summed E-state index contributed by atoms with van der Waals surface area (Å²) in [7, 11) is -3.19. The van der Waals surface area contributed by atoms with Crippen LogP contribution in [0.4, 0.5) is 5.69 Å². The summed E-state index contributed by atoms with van der Waals surface area (Å²) in [5.41, 5.74) is 3.95. The molecule has 0 saturated carbocycles. The van der Waals surface area contributed by atoms with Gasteiger partial charge in [-0.3, -0.25) is 0 Å². The molecular formula is C28H25N3O3S. The van der Waals surface area contributed by atoms with Crippen LogP contribution in [0.5, 0.6) is 0 Å². The molecule has 0 bridgehead atoms. The summed E-state index contributed by atoms with van der Waals surface area (Å²) in [6.07, 6.45) is 1.21. The number of anilines is 1. The summed E-state index contributed by atoms with van der Waals surface area (Å²) in [5, 5.41) is 9.92. The number of hydrogen-bond donors (Lipinski definition) is 1. The minimum atomic E-state index is -3.19. The lowest BCUT2D eigenvalue weighted by molar-refractivity contribution is 0.371. The summed E-state index contributed by atoms with van der Waals surface area (Å²) >= 11 is 0. The van der Waals surface area contributed by atoms with Crippen molar-refractivity contribution in [2.75, 3.05) is 11.6 Å². The van der Waals surface area contributed by atoms with Crippen molar-refractivity contribution in [3.8, 4) is 11.4 Å². The van der Waals surface area contributed by atoms with Crippen LogP contribution in [0, 0.1) is 0 Å². The van der Waals surface area contributed by atoms with E-state index >= 15 is 0 Å². The van der Waals surface area contributed by atoms with Crippen LogP contribution in [-0.2, 0) is 16.4 Å². The van der Waals surface area contributed by atoms with Crippen LogP contribution in [0.25, 0.3) is 22.2 Å². The second kappa shape index (κ2) is 9.35. The fraction of sp³-hybridized carbons (Fsp3) is 0.143. The molecule has 0 aliphatic rings. The first-order valence-electron chi connectivity index (χ1n) is 11.3. The Labute approximate surface area is 204 Å². The Morgan fingerprint density at radius 1 is 0.886 bits per heavy atom. The highest BCUT2D eigenvalue weighted by Gasteiger charge is 2.19. The lowest BCUT2D eigenvalue weighted by Gasteiger charge is -2.10. The van der Waals surface area contributed by atoms with Gasteiger partial charge >= 0.3 is 0 Å². The number of aromatic nitrogens is 2. The van der Waals surface area contributed by atoms with Crippen LogP contribution in [0.2, 0.25) is 0 Å². The van der Waals surface area contributed by atoms with Crippen molar-refractivity contribution in [2.24, 2.45) is 0 Å². The lowest BCUT2D eigenvalue weighted by atomic mass is 9.95. The molecule has 1 unspecified atom stereocenters. The third-order valence-corrected chi connectivity index (χ3v) is 7.22. The van der Waals surface area contributed by atoms with E-state index in [2.05, 4.69) is 52.7 Å². The van der Waals surface area contributed by atoms with Gasteiger partial charge in [0, 0.05) is 24.1 Å². The molecule has 0 aliphatic heterocycles. The molecule has 1 heterocycles. The molecule has 1 N–H and O–H groups in total. The Hall–Kier alpha value is -3.97. The lowest BCUT2D eigenvalue weighted by Crippen LogP contribution is -2.01. The fourth-order valence-corrected chi connectivity index (χ4v) is 4.72. The zero-order chi connectivity index (χ0) is 24.4. The maximum Gasteiger partial charge on any atom is 0.234 e. The summed E-state index contributed by atoms with van der Waals surface area (Å²) in [4.78, 5) is 4.99. The van der Waals surface area contributed by atoms with E-state index in [1.54, 1.807) is 12.1 Å². The molecule has 35 heavy (non-hydrogen) atoms. The number of nitrogens with one attached hydrogen (secondary N) is 1. The van der Waals surface area contributed by atoms with Gasteiger partial charge in [0.05, 0.1) is 10.8 Å². The van der Waals surface area contributed by atoms with Gasteiger partial charge in [0.2, 0.25) is 11.7 Å². The van der Waals surface area contributed by atoms with E-state index in [1.165, 1.54) is 17.0 Å². The first-order chi connectivity index (χ1) is 16.9. The monoisotopic (exact) mass is 483 g/mol. The Bertz CT molecular complexity index is 1570. The van der Waals surface area contributed by atoms with Crippen molar-refractivity contribution in [1.82, 2.24) is 10.1 Å². The molecule has 1 aromatic heterocycles. The van der Waals surface area contributed by atoms with Gasteiger partial charge in [0.15, 0.2) is 9.84 Å². The van der Waals surface area contributed by atoms with Crippen molar-refractivity contribution in [2.45, 2.75) is 24.3 Å². The molecule has 0 amide bonds. The standard InChI is InChI=1S/C28H25N3O3S/c1-19(25-9-5-7-21-6-3-4-8-26(21)25)28-30-27(31-34-28)22-12-14-23(15-13-22)29-18-20-10-16-24(17-11-20)35(2,32)33/h3-17,19,29H,18H2,1-2H3. The van der Waals surface area contributed by atoms with Crippen molar-refractivity contribution >= 4 is 26.3 Å². The van der Waals surface area contributed by atoms with Crippen LogP contribution in [0.1, 0.15) is 29.9 Å². The van der Waals surface area contributed by atoms with Crippen LogP contribution in [0.3, 0.4) is 0 Å². The molecule has 7 heteroatoms. The highest BCUT2D eigenvalue weighted by atomic mass is 32.2. The zero-order valence-corrected chi connectivity index (χ0v) is 20.3. The second-order valence-corrected chi connectivity index (χ2v) is 10.6. The predicted octanol–water partition coefficient (Wildman–Crippen LogP) is 6.06. The third kappa shape index (κ3) is 4.95. The second-order valence-electron chi connectivity index (χ2n) is 8.59. The van der Waals surface area contributed by atoms with Gasteiger partial charge in [0.25, 0.3) is 0 Å². The molecule has 1 atom stereocenters. The van der Waals surface area contributed by atoms with Crippen LogP contribution in [0.15, 0.2) is 100 Å². The summed E-state index contributed by atoms with van der Waals surface area (Å²) in [6.45, 7) is 2.66. The molecule has 176 valence electrons. The topological polar surface area (TPSA) is 85.1 Å². The SMILES string of the molecule is CC(c1nc(-c2ccc(NCc3ccc(S(C)(=O)=O)cc3)cc2)no1)c1cccc2ccccc12. The Morgan fingerprint density at radius 2 is 1.60 bits per heavy atom. The van der Waals surface area contributed by atoms with E-state index < -0.39 is 9.84 Å². The molecule has 0 aliphatic carbocycles. The van der Waals surface area contributed by atoms with Crippen molar-refractivity contribution < 1.29 is 12.9 Å². The number of rotatable bonds is 7. The van der Waals surface area contributed by atoms with E-state index in [0.717, 1.165) is 22.4 Å². The predicted molar refractivity (Wildman–Crippen MR) is 138 cm³/mol. The van der Waals surface area contributed by atoms with E-state index in [4.69, 9.17) is 4.52 Å². The molecule has 0 fully saturated rings. The van der Waals surface area contributed by atoms with E-state index in [0.29, 0.717) is 23.2 Å². The quantitative estimate of drug-likeness (QED) is 0.303. The van der Waals surface area contributed by atoms with Crippen molar-refractivity contribution in [3.05, 3.63) is 108 Å². The van der Waals surface area contributed by atoms with Gasteiger partial charge < -0.3 is 9.84 Å². The average molecular weight is 484 g/mol. The summed E-state index contributed by atoms with van der Waals surface area (Å²) < 4.78 is 28.8. The maximum absolute atomic E-state index is 11.6. The number of sulfone groups is 1. The highest BCUT2D eigenvalue weighted by molar-refractivity contribution is 7.90. The van der Waals surface area contributed by atoms with Gasteiger partial charge in [0.1, 0.15) is 0 Å². The van der Waals surface area contributed by atoms with Gasteiger partial charge in [-0.2, -0.15) is 4.98 Å². The molecule has 4 aromatic carbocycles. The minimum absolute atomic E-state index is 0.0302. The Morgan fingerprint density at radius 3 is 2.34 bits per heavy atom. The van der Waals surface area contributed by atoms with E-state index in [1.807, 2.05) is 48.5 Å². The minimum Gasteiger partial charge on any atom is -0.381 e. The molecule has 0 radical (unpaired) electrons. The molecule has 5 aromatic rings. The number of benzene rings is 4. The van der Waals surface area contributed by atoms with Crippen molar-refractivity contribution in [1.29, 1.82) is 0 Å². The molecule has 6 nitrogen and oxygen atoms in total. The number of hydrogen-bond acceptors (Lipinski definition) is 6. The normalized spacial score (nSPS) is 12.5. The zero-order valence-electron chi connectivity index (χ0n) is 19.5. The van der Waals surface area contributed by atoms with Crippen LogP contribution >= 0.6 is 0 Å². The average Bonchev–Trinajstić information content (AvgIpc) is 3.37. The third-order valence-electron chi connectivity index (χ3n) is 6.09. The largest absolute Gasteiger partial charge is 0.381 e. The maximum atomic E-state index is 11.6. The molecule has 0 saturated heterocycles. The smallest absolute Gasteiger partial charge is 0.234 e. The first-order valence-corrected chi connectivity index (χ1v) is 13.2. The van der Waals surface area contributed by atoms with Gasteiger partial charge in [-0.15, -0.1) is 0 Å². The summed E-state index contributed by atoms with van der Waals surface area (Å²) in [6, 6.07) is 29.3. The van der Waals surface area contributed by atoms with Crippen LogP contribution < -0.4 is 5.32 Å². The summed E-state index contributed by atoms with van der Waals surface area (Å²) in [5.74, 6) is 1.10. The van der Waals surface area contributed by atoms with E-state index in [-0.39, 0.29) is 5.92 Å².